The van der Waals surface area contributed by atoms with E-state index in [1.54, 1.807) is 0 Å². The van der Waals surface area contributed by atoms with Gasteiger partial charge in [-0.3, -0.25) is 0 Å². The van der Waals surface area contributed by atoms with Gasteiger partial charge >= 0.3 is 6.11 Å². The smallest absolute Gasteiger partial charge is 0.421 e. The van der Waals surface area contributed by atoms with Crippen molar-refractivity contribution in [3.05, 3.63) is 53.4 Å². The molecule has 0 aromatic heterocycles. The molecule has 2 aliphatic rings. The monoisotopic (exact) mass is 546 g/mol. The summed E-state index contributed by atoms with van der Waals surface area (Å²) < 4.78 is 108. The van der Waals surface area contributed by atoms with Gasteiger partial charge < -0.3 is 9.47 Å². The molecule has 0 unspecified atom stereocenters. The summed E-state index contributed by atoms with van der Waals surface area (Å²) in [7, 11) is 0. The molecule has 0 heterocycles. The highest BCUT2D eigenvalue weighted by Gasteiger charge is 2.36. The summed E-state index contributed by atoms with van der Waals surface area (Å²) in [5.74, 6) is -6.56. The van der Waals surface area contributed by atoms with Crippen LogP contribution in [0.25, 0.3) is 11.1 Å². The van der Waals surface area contributed by atoms with E-state index < -0.39 is 58.7 Å². The van der Waals surface area contributed by atoms with Crippen LogP contribution in [0.5, 0.6) is 5.75 Å². The van der Waals surface area contributed by atoms with Gasteiger partial charge in [0.2, 0.25) is 0 Å². The maximum atomic E-state index is 14.5. The van der Waals surface area contributed by atoms with Gasteiger partial charge in [-0.15, -0.1) is 0 Å². The van der Waals surface area contributed by atoms with Crippen molar-refractivity contribution >= 4 is 0 Å². The van der Waals surface area contributed by atoms with Crippen molar-refractivity contribution in [2.75, 3.05) is 6.61 Å². The number of rotatable bonds is 9. The third kappa shape index (κ3) is 7.01. The molecule has 0 bridgehead atoms. The number of benzene rings is 2. The average molecular weight is 547 g/mol. The Kier molecular flexibility index (Phi) is 9.27. The van der Waals surface area contributed by atoms with Crippen molar-refractivity contribution in [3.8, 4) is 16.9 Å². The average Bonchev–Trinajstić information content (AvgIpc) is 2.86. The first-order chi connectivity index (χ1) is 18.1. The molecule has 9 heteroatoms. The molecule has 0 N–H and O–H groups in total. The van der Waals surface area contributed by atoms with Gasteiger partial charge in [-0.25, -0.2) is 22.0 Å². The molecule has 0 saturated heterocycles. The molecule has 4 rings (SSSR count). The predicted molar refractivity (Wildman–Crippen MR) is 129 cm³/mol. The van der Waals surface area contributed by atoms with Crippen LogP contribution in [0.4, 0.5) is 30.7 Å². The van der Waals surface area contributed by atoms with Crippen molar-refractivity contribution in [1.82, 2.24) is 0 Å². The second-order valence-corrected chi connectivity index (χ2v) is 10.7. The van der Waals surface area contributed by atoms with Gasteiger partial charge in [-0.05, 0) is 74.0 Å². The number of halogens is 7. The molecule has 2 saturated carbocycles. The minimum atomic E-state index is -3.86. The molecular weight excluding hydrogens is 513 g/mol. The summed E-state index contributed by atoms with van der Waals surface area (Å²) in [5.41, 5.74) is -1.52. The molecule has 2 aromatic rings. The van der Waals surface area contributed by atoms with E-state index in [2.05, 4.69) is 11.7 Å². The number of hydrogen-bond acceptors (Lipinski definition) is 2. The van der Waals surface area contributed by atoms with Crippen molar-refractivity contribution in [2.24, 2.45) is 17.8 Å². The highest BCUT2D eigenvalue weighted by Crippen LogP contribution is 2.42. The Morgan fingerprint density at radius 1 is 0.737 bits per heavy atom. The fourth-order valence-electron chi connectivity index (χ4n) is 6.08. The Hall–Kier alpha value is -2.29. The number of ether oxygens (including phenoxy) is 2. The molecule has 0 amide bonds. The SMILES string of the molecule is CCCC1CCC(C2CCC(OCC(F)(F)Oc3cc(F)c(-c4cc(F)c(F)c(F)c4)c(F)c3)CC2)CC1. The Morgan fingerprint density at radius 3 is 1.79 bits per heavy atom. The Bertz CT molecular complexity index is 1040. The Morgan fingerprint density at radius 2 is 1.26 bits per heavy atom. The fourth-order valence-corrected chi connectivity index (χ4v) is 6.08. The molecule has 38 heavy (non-hydrogen) atoms. The van der Waals surface area contributed by atoms with E-state index in [1.807, 2.05) is 0 Å². The van der Waals surface area contributed by atoms with Crippen LogP contribution in [0.1, 0.15) is 71.1 Å². The lowest BCUT2D eigenvalue weighted by molar-refractivity contribution is -0.222. The quantitative estimate of drug-likeness (QED) is 0.231. The first-order valence-corrected chi connectivity index (χ1v) is 13.4. The van der Waals surface area contributed by atoms with Gasteiger partial charge in [0.1, 0.15) is 17.4 Å². The predicted octanol–water partition coefficient (Wildman–Crippen LogP) is 9.20. The van der Waals surface area contributed by atoms with E-state index in [0.29, 0.717) is 48.9 Å². The summed E-state index contributed by atoms with van der Waals surface area (Å²) in [6.45, 7) is 1.14. The van der Waals surface area contributed by atoms with Crippen molar-refractivity contribution in [2.45, 2.75) is 83.3 Å². The highest BCUT2D eigenvalue weighted by atomic mass is 19.3. The van der Waals surface area contributed by atoms with Gasteiger partial charge in [0.15, 0.2) is 24.1 Å². The van der Waals surface area contributed by atoms with Crippen LogP contribution in [-0.2, 0) is 4.74 Å². The maximum Gasteiger partial charge on any atom is 0.421 e. The summed E-state index contributed by atoms with van der Waals surface area (Å²) in [6, 6.07) is 1.78. The van der Waals surface area contributed by atoms with Gasteiger partial charge in [-0.1, -0.05) is 32.6 Å². The molecule has 2 fully saturated rings. The van der Waals surface area contributed by atoms with Crippen molar-refractivity contribution in [1.29, 1.82) is 0 Å². The van der Waals surface area contributed by atoms with Crippen LogP contribution >= 0.6 is 0 Å². The zero-order valence-corrected chi connectivity index (χ0v) is 21.4. The van der Waals surface area contributed by atoms with E-state index in [1.165, 1.54) is 38.5 Å². The van der Waals surface area contributed by atoms with Crippen LogP contribution < -0.4 is 4.74 Å². The van der Waals surface area contributed by atoms with Gasteiger partial charge in [0.05, 0.1) is 11.7 Å². The molecule has 0 atom stereocenters. The molecule has 0 spiro atoms. The zero-order chi connectivity index (χ0) is 27.4. The van der Waals surface area contributed by atoms with E-state index >= 15 is 0 Å². The minimum Gasteiger partial charge on any atom is -0.431 e. The lowest BCUT2D eigenvalue weighted by Gasteiger charge is -2.38. The van der Waals surface area contributed by atoms with Crippen LogP contribution in [0.2, 0.25) is 0 Å². The van der Waals surface area contributed by atoms with Gasteiger partial charge in [0, 0.05) is 12.1 Å². The number of hydrogen-bond donors (Lipinski definition) is 0. The summed E-state index contributed by atoms with van der Waals surface area (Å²) in [5, 5.41) is 0. The first kappa shape index (κ1) is 28.7. The van der Waals surface area contributed by atoms with Crippen LogP contribution in [0, 0.1) is 46.8 Å². The molecule has 2 nitrogen and oxygen atoms in total. The Labute approximate surface area is 218 Å². The third-order valence-electron chi connectivity index (χ3n) is 8.02. The number of alkyl halides is 2. The zero-order valence-electron chi connectivity index (χ0n) is 21.4. The fraction of sp³-hybridized carbons (Fsp3) is 0.586. The second-order valence-electron chi connectivity index (χ2n) is 10.7. The van der Waals surface area contributed by atoms with Crippen LogP contribution in [0.15, 0.2) is 24.3 Å². The van der Waals surface area contributed by atoms with Crippen molar-refractivity contribution < 1.29 is 40.2 Å². The molecular formula is C29H33F7O2. The maximum absolute atomic E-state index is 14.5. The lowest BCUT2D eigenvalue weighted by atomic mass is 9.70. The van der Waals surface area contributed by atoms with Crippen LogP contribution in [0.3, 0.4) is 0 Å². The normalized spacial score (nSPS) is 24.4. The topological polar surface area (TPSA) is 18.5 Å². The van der Waals surface area contributed by atoms with E-state index in [4.69, 9.17) is 4.74 Å². The standard InChI is InChI=1S/C29H33F7O2/c1-2-3-17-4-6-18(7-5-17)19-8-10-21(11-9-19)37-16-29(35,36)38-22-14-23(30)27(24(31)15-22)20-12-25(32)28(34)26(33)13-20/h12-15,17-19,21H,2-11,16H2,1H3. The molecule has 0 aliphatic heterocycles. The molecule has 0 radical (unpaired) electrons. The van der Waals surface area contributed by atoms with Crippen LogP contribution in [-0.4, -0.2) is 18.8 Å². The van der Waals surface area contributed by atoms with E-state index in [9.17, 15) is 30.7 Å². The second kappa shape index (κ2) is 12.3. The summed E-state index contributed by atoms with van der Waals surface area (Å²) in [4.78, 5) is 0. The molecule has 2 aliphatic carbocycles. The summed E-state index contributed by atoms with van der Waals surface area (Å²) in [6.07, 6.45) is 6.58. The van der Waals surface area contributed by atoms with E-state index in [0.717, 1.165) is 18.8 Å². The highest BCUT2D eigenvalue weighted by molar-refractivity contribution is 5.66. The van der Waals surface area contributed by atoms with Gasteiger partial charge in [0.25, 0.3) is 0 Å². The largest absolute Gasteiger partial charge is 0.431 e. The minimum absolute atomic E-state index is 0.337. The lowest BCUT2D eigenvalue weighted by Crippen LogP contribution is -2.35. The van der Waals surface area contributed by atoms with E-state index in [-0.39, 0.29) is 6.10 Å². The first-order valence-electron chi connectivity index (χ1n) is 13.4. The summed E-state index contributed by atoms with van der Waals surface area (Å²) >= 11 is 0. The van der Waals surface area contributed by atoms with Gasteiger partial charge in [-0.2, -0.15) is 8.78 Å². The Balaban J connectivity index is 1.29. The molecule has 2 aromatic carbocycles. The third-order valence-corrected chi connectivity index (χ3v) is 8.02. The molecule has 210 valence electrons. The van der Waals surface area contributed by atoms with Crippen molar-refractivity contribution in [3.63, 3.8) is 0 Å².